The fourth-order valence-corrected chi connectivity index (χ4v) is 5.03. The summed E-state index contributed by atoms with van der Waals surface area (Å²) in [7, 11) is -4.12. The maximum Gasteiger partial charge on any atom is 0.416 e. The van der Waals surface area contributed by atoms with Gasteiger partial charge in [-0.2, -0.15) is 13.2 Å². The summed E-state index contributed by atoms with van der Waals surface area (Å²) in [6.45, 7) is 11.0. The molecule has 0 unspecified atom stereocenters. The topological polar surface area (TPSA) is 46.2 Å². The third-order valence-electron chi connectivity index (χ3n) is 5.17. The second kappa shape index (κ2) is 9.28. The van der Waals surface area contributed by atoms with Crippen LogP contribution in [0.4, 0.5) is 17.6 Å². The van der Waals surface area contributed by atoms with Crippen LogP contribution in [0.2, 0.25) is 0 Å². The average Bonchev–Trinajstić information content (AvgIpc) is 2.65. The molecule has 0 spiro atoms. The summed E-state index contributed by atoms with van der Waals surface area (Å²) < 4.78 is 81.8. The highest BCUT2D eigenvalue weighted by Gasteiger charge is 2.32. The van der Waals surface area contributed by atoms with E-state index in [0.29, 0.717) is 29.3 Å². The molecule has 0 aliphatic carbocycles. The lowest BCUT2D eigenvalue weighted by Crippen LogP contribution is -2.27. The van der Waals surface area contributed by atoms with Gasteiger partial charge in [-0.3, -0.25) is 0 Å². The van der Waals surface area contributed by atoms with Gasteiger partial charge in [0.2, 0.25) is 10.0 Å². The summed E-state index contributed by atoms with van der Waals surface area (Å²) in [5.41, 5.74) is 0.874. The number of hydrogen-bond donors (Lipinski definition) is 1. The van der Waals surface area contributed by atoms with E-state index < -0.39 is 34.1 Å². The quantitative estimate of drug-likeness (QED) is 0.469. The lowest BCUT2D eigenvalue weighted by molar-refractivity contribution is -0.137. The van der Waals surface area contributed by atoms with Crippen molar-refractivity contribution in [3.05, 3.63) is 64.0 Å². The second-order valence-electron chi connectivity index (χ2n) is 8.62. The highest BCUT2D eigenvalue weighted by Crippen LogP contribution is 2.35. The highest BCUT2D eigenvalue weighted by atomic mass is 32.2. The van der Waals surface area contributed by atoms with Crippen LogP contribution < -0.4 is 4.72 Å². The first kappa shape index (κ1) is 25.3. The molecule has 172 valence electrons. The summed E-state index contributed by atoms with van der Waals surface area (Å²) in [5, 5.41) is 0. The Bertz CT molecular complexity index is 1010. The predicted molar refractivity (Wildman–Crippen MR) is 114 cm³/mol. The molecule has 0 heterocycles. The van der Waals surface area contributed by atoms with E-state index in [0.717, 1.165) is 5.56 Å². The Morgan fingerprint density at radius 3 is 1.81 bits per heavy atom. The SMILES string of the molecule is CC(C)c1cc(C(C)C)c(S(=O)(=O)NCc2cc(C(F)(F)F)ccc2F)c(C(C)C)c1. The summed E-state index contributed by atoms with van der Waals surface area (Å²) in [4.78, 5) is 0.120. The molecule has 0 radical (unpaired) electrons. The fraction of sp³-hybridized carbons (Fsp3) is 0.478. The standard InChI is InChI=1S/C23H29F4NO2S/c1-13(2)16-10-19(14(3)4)22(20(11-16)15(5)6)31(29,30)28-12-17-9-18(23(25,26)27)7-8-21(17)24/h7-11,13-15,28H,12H2,1-6H3. The molecule has 2 aromatic carbocycles. The van der Waals surface area contributed by atoms with Gasteiger partial charge in [0.25, 0.3) is 0 Å². The molecular formula is C23H29F4NO2S. The number of nitrogens with one attached hydrogen (secondary N) is 1. The molecule has 0 saturated heterocycles. The monoisotopic (exact) mass is 459 g/mol. The molecule has 3 nitrogen and oxygen atoms in total. The van der Waals surface area contributed by atoms with Gasteiger partial charge in [-0.25, -0.2) is 17.5 Å². The van der Waals surface area contributed by atoms with Crippen molar-refractivity contribution < 1.29 is 26.0 Å². The highest BCUT2D eigenvalue weighted by molar-refractivity contribution is 7.89. The van der Waals surface area contributed by atoms with Gasteiger partial charge in [-0.1, -0.05) is 53.7 Å². The molecule has 0 bridgehead atoms. The van der Waals surface area contributed by atoms with Crippen LogP contribution in [0, 0.1) is 5.82 Å². The Balaban J connectivity index is 2.54. The normalized spacial score (nSPS) is 12.9. The van der Waals surface area contributed by atoms with Crippen LogP contribution in [0.25, 0.3) is 0 Å². The van der Waals surface area contributed by atoms with Crippen LogP contribution in [0.3, 0.4) is 0 Å². The van der Waals surface area contributed by atoms with Crippen molar-refractivity contribution in [2.24, 2.45) is 0 Å². The number of rotatable bonds is 7. The number of hydrogen-bond acceptors (Lipinski definition) is 2. The Labute approximate surface area is 181 Å². The molecule has 0 aliphatic rings. The minimum absolute atomic E-state index is 0.104. The van der Waals surface area contributed by atoms with Crippen LogP contribution in [-0.4, -0.2) is 8.42 Å². The van der Waals surface area contributed by atoms with E-state index in [1.807, 2.05) is 53.7 Å². The Morgan fingerprint density at radius 1 is 0.871 bits per heavy atom. The summed E-state index contributed by atoms with van der Waals surface area (Å²) in [5.74, 6) is -0.918. The summed E-state index contributed by atoms with van der Waals surface area (Å²) >= 11 is 0. The zero-order chi connectivity index (χ0) is 23.7. The third-order valence-corrected chi connectivity index (χ3v) is 6.71. The van der Waals surface area contributed by atoms with Crippen molar-refractivity contribution in [3.63, 3.8) is 0 Å². The lowest BCUT2D eigenvalue weighted by Gasteiger charge is -2.23. The molecule has 31 heavy (non-hydrogen) atoms. The minimum Gasteiger partial charge on any atom is -0.207 e. The van der Waals surface area contributed by atoms with Crippen molar-refractivity contribution in [2.45, 2.75) is 76.9 Å². The first-order chi connectivity index (χ1) is 14.1. The minimum atomic E-state index is -4.65. The Morgan fingerprint density at radius 2 is 1.39 bits per heavy atom. The first-order valence-electron chi connectivity index (χ1n) is 10.2. The zero-order valence-electron chi connectivity index (χ0n) is 18.6. The third kappa shape index (κ3) is 5.86. The molecule has 0 atom stereocenters. The molecule has 8 heteroatoms. The molecule has 0 amide bonds. The van der Waals surface area contributed by atoms with Crippen LogP contribution >= 0.6 is 0 Å². The maximum absolute atomic E-state index is 14.1. The van der Waals surface area contributed by atoms with E-state index in [1.54, 1.807) is 0 Å². The van der Waals surface area contributed by atoms with Crippen LogP contribution in [-0.2, 0) is 22.7 Å². The summed E-state index contributed by atoms with van der Waals surface area (Å²) in [6, 6.07) is 5.68. The van der Waals surface area contributed by atoms with Crippen molar-refractivity contribution in [1.82, 2.24) is 4.72 Å². The molecule has 2 rings (SSSR count). The van der Waals surface area contributed by atoms with Crippen molar-refractivity contribution >= 4 is 10.0 Å². The van der Waals surface area contributed by atoms with Gasteiger partial charge >= 0.3 is 6.18 Å². The predicted octanol–water partition coefficient (Wildman–Crippen LogP) is 6.69. The van der Waals surface area contributed by atoms with Gasteiger partial charge in [0.1, 0.15) is 5.82 Å². The van der Waals surface area contributed by atoms with Gasteiger partial charge in [-0.15, -0.1) is 0 Å². The van der Waals surface area contributed by atoms with Crippen LogP contribution in [0.15, 0.2) is 35.2 Å². The smallest absolute Gasteiger partial charge is 0.207 e. The molecule has 0 aromatic heterocycles. The largest absolute Gasteiger partial charge is 0.416 e. The van der Waals surface area contributed by atoms with E-state index in [4.69, 9.17) is 0 Å². The number of sulfonamides is 1. The first-order valence-corrected chi connectivity index (χ1v) is 11.7. The van der Waals surface area contributed by atoms with Crippen LogP contribution in [0.1, 0.15) is 87.1 Å². The van der Waals surface area contributed by atoms with E-state index in [2.05, 4.69) is 4.72 Å². The Hall–Kier alpha value is -1.93. The lowest BCUT2D eigenvalue weighted by atomic mass is 9.89. The molecular weight excluding hydrogens is 430 g/mol. The zero-order valence-corrected chi connectivity index (χ0v) is 19.4. The van der Waals surface area contributed by atoms with Gasteiger partial charge in [-0.05, 0) is 52.6 Å². The molecule has 0 fully saturated rings. The second-order valence-corrected chi connectivity index (χ2v) is 10.3. The summed E-state index contributed by atoms with van der Waals surface area (Å²) in [6.07, 6.45) is -4.65. The van der Waals surface area contributed by atoms with Gasteiger partial charge in [0, 0.05) is 12.1 Å². The van der Waals surface area contributed by atoms with E-state index in [9.17, 15) is 26.0 Å². The molecule has 0 aliphatic heterocycles. The molecule has 2 aromatic rings. The van der Waals surface area contributed by atoms with E-state index in [-0.39, 0.29) is 28.2 Å². The Kier molecular flexibility index (Phi) is 7.59. The number of alkyl halides is 3. The molecule has 0 saturated carbocycles. The van der Waals surface area contributed by atoms with E-state index >= 15 is 0 Å². The maximum atomic E-state index is 14.1. The van der Waals surface area contributed by atoms with Crippen molar-refractivity contribution in [3.8, 4) is 0 Å². The fourth-order valence-electron chi connectivity index (χ4n) is 3.33. The van der Waals surface area contributed by atoms with Crippen molar-refractivity contribution in [1.29, 1.82) is 0 Å². The van der Waals surface area contributed by atoms with Crippen molar-refractivity contribution in [2.75, 3.05) is 0 Å². The average molecular weight is 460 g/mol. The number of benzene rings is 2. The molecule has 1 N–H and O–H groups in total. The van der Waals surface area contributed by atoms with Gasteiger partial charge < -0.3 is 0 Å². The van der Waals surface area contributed by atoms with Gasteiger partial charge in [0.15, 0.2) is 0 Å². The van der Waals surface area contributed by atoms with Gasteiger partial charge in [0.05, 0.1) is 10.5 Å². The van der Waals surface area contributed by atoms with Crippen LogP contribution in [0.5, 0.6) is 0 Å². The van der Waals surface area contributed by atoms with E-state index in [1.165, 1.54) is 0 Å². The number of halogens is 4.